The van der Waals surface area contributed by atoms with E-state index in [4.69, 9.17) is 37.6 Å². The minimum absolute atomic E-state index is 0.0716. The molecular formula is C33H40O13. The zero-order valence-corrected chi connectivity index (χ0v) is 27.0. The number of furan rings is 1. The van der Waals surface area contributed by atoms with E-state index >= 15 is 0 Å². The fraction of sp³-hybridized carbons (Fsp3) is 0.758. The molecule has 7 aliphatic rings. The molecule has 7 fully saturated rings. The lowest BCUT2D eigenvalue weighted by atomic mass is 9.33. The molecule has 0 aromatic carbocycles. The van der Waals surface area contributed by atoms with Gasteiger partial charge in [0.05, 0.1) is 26.1 Å². The second kappa shape index (κ2) is 8.53. The Morgan fingerprint density at radius 1 is 1.04 bits per heavy atom. The molecular weight excluding hydrogens is 604 g/mol. The van der Waals surface area contributed by atoms with Gasteiger partial charge in [0.25, 0.3) is 5.97 Å². The van der Waals surface area contributed by atoms with Gasteiger partial charge < -0.3 is 42.7 Å². The normalized spacial score (nSPS) is 52.5. The third-order valence-corrected chi connectivity index (χ3v) is 13.5. The molecule has 0 amide bonds. The van der Waals surface area contributed by atoms with E-state index in [9.17, 15) is 24.3 Å². The molecule has 13 heteroatoms. The minimum Gasteiger partial charge on any atom is -0.472 e. The Labute approximate surface area is 265 Å². The molecule has 13 unspecified atom stereocenters. The first-order chi connectivity index (χ1) is 21.4. The van der Waals surface area contributed by atoms with Gasteiger partial charge in [-0.15, -0.1) is 0 Å². The van der Waals surface area contributed by atoms with Gasteiger partial charge >= 0.3 is 23.9 Å². The first-order valence-corrected chi connectivity index (χ1v) is 15.9. The Morgan fingerprint density at radius 3 is 2.39 bits per heavy atom. The molecule has 1 aromatic rings. The average molecular weight is 645 g/mol. The third kappa shape index (κ3) is 2.88. The number of hydrogen-bond acceptors (Lipinski definition) is 13. The largest absolute Gasteiger partial charge is 0.472 e. The monoisotopic (exact) mass is 644 g/mol. The number of methoxy groups -OCH3 is 1. The summed E-state index contributed by atoms with van der Waals surface area (Å²) >= 11 is 0. The van der Waals surface area contributed by atoms with Gasteiger partial charge in [0.15, 0.2) is 11.7 Å². The van der Waals surface area contributed by atoms with E-state index in [1.165, 1.54) is 33.5 Å². The van der Waals surface area contributed by atoms with Crippen molar-refractivity contribution in [2.24, 2.45) is 28.1 Å². The smallest absolute Gasteiger partial charge is 0.306 e. The Balaban J connectivity index is 1.43. The van der Waals surface area contributed by atoms with Crippen molar-refractivity contribution >= 4 is 23.9 Å². The molecule has 46 heavy (non-hydrogen) atoms. The van der Waals surface area contributed by atoms with Gasteiger partial charge in [-0.3, -0.25) is 19.2 Å². The zero-order chi connectivity index (χ0) is 33.1. The molecule has 1 N–H and O–H groups in total. The summed E-state index contributed by atoms with van der Waals surface area (Å²) in [5.41, 5.74) is -9.04. The molecule has 4 bridgehead atoms. The van der Waals surface area contributed by atoms with Crippen molar-refractivity contribution in [3.05, 3.63) is 24.2 Å². The molecule has 8 rings (SSSR count). The van der Waals surface area contributed by atoms with Gasteiger partial charge in [-0.25, -0.2) is 0 Å². The van der Waals surface area contributed by atoms with Crippen molar-refractivity contribution in [3.8, 4) is 0 Å². The highest BCUT2D eigenvalue weighted by Gasteiger charge is 3.04. The van der Waals surface area contributed by atoms with Crippen LogP contribution in [-0.2, 0) is 52.3 Å². The van der Waals surface area contributed by atoms with E-state index < -0.39 is 98.6 Å². The second-order valence-corrected chi connectivity index (χ2v) is 15.3. The number of carbonyl (C=O) groups excluding carboxylic acids is 4. The van der Waals surface area contributed by atoms with Gasteiger partial charge in [-0.05, 0) is 31.2 Å². The molecule has 13 atom stereocenters. The summed E-state index contributed by atoms with van der Waals surface area (Å²) in [6.45, 7) is 10.00. The third-order valence-electron chi connectivity index (χ3n) is 13.5. The molecule has 4 heterocycles. The number of hydrogen-bond donors (Lipinski definition) is 1. The number of aliphatic hydroxyl groups is 1. The lowest BCUT2D eigenvalue weighted by Crippen LogP contribution is -2.94. The fourth-order valence-electron chi connectivity index (χ4n) is 12.4. The predicted octanol–water partition coefficient (Wildman–Crippen LogP) is 2.87. The number of esters is 4. The van der Waals surface area contributed by atoms with Crippen LogP contribution in [0.4, 0.5) is 0 Å². The summed E-state index contributed by atoms with van der Waals surface area (Å²) in [6, 6.07) is 1.71. The van der Waals surface area contributed by atoms with Crippen molar-refractivity contribution in [2.75, 3.05) is 7.11 Å². The van der Waals surface area contributed by atoms with E-state index in [0.29, 0.717) is 18.4 Å². The Kier molecular flexibility index (Phi) is 5.62. The number of rotatable bonds is 6. The van der Waals surface area contributed by atoms with Crippen molar-refractivity contribution in [2.45, 2.75) is 120 Å². The lowest BCUT2D eigenvalue weighted by Gasteiger charge is -2.77. The van der Waals surface area contributed by atoms with Crippen LogP contribution in [0.1, 0.15) is 85.3 Å². The maximum atomic E-state index is 13.8. The molecule has 1 aromatic heterocycles. The zero-order valence-electron chi connectivity index (χ0n) is 27.0. The highest BCUT2D eigenvalue weighted by atomic mass is 16.9. The average Bonchev–Trinajstić information content (AvgIpc) is 3.66. The molecule has 13 nitrogen and oxygen atoms in total. The van der Waals surface area contributed by atoms with Crippen LogP contribution < -0.4 is 0 Å². The highest BCUT2D eigenvalue weighted by Crippen LogP contribution is 2.90. The van der Waals surface area contributed by atoms with Crippen LogP contribution in [0.15, 0.2) is 23.0 Å². The molecule has 3 spiro atoms. The molecule has 3 aliphatic heterocycles. The number of carbonyl (C=O) groups is 4. The van der Waals surface area contributed by atoms with Crippen LogP contribution in [-0.4, -0.2) is 76.7 Å². The van der Waals surface area contributed by atoms with Crippen LogP contribution in [0.2, 0.25) is 0 Å². The summed E-state index contributed by atoms with van der Waals surface area (Å²) < 4.78 is 49.9. The highest BCUT2D eigenvalue weighted by molar-refractivity contribution is 5.75. The fourth-order valence-corrected chi connectivity index (χ4v) is 12.4. The summed E-state index contributed by atoms with van der Waals surface area (Å²) in [5.74, 6) is -5.29. The topological polar surface area (TPSA) is 166 Å². The van der Waals surface area contributed by atoms with Crippen LogP contribution in [0.25, 0.3) is 0 Å². The standard InChI is InChI=1S/C33H40O13/c1-16(34)41-23(18-8-11-40-14-18)26(3)9-10-30-28(5)19(12-21(36)39-7)27(4)15-31(28)32(38,24(27)42-17(2)35)25-33(30,20(26)13-22(37)43-25)46-29(6,44-30)45-31/h8,11,14,19-20,23-25,38H,9-10,12-13,15H2,1-7H3. The van der Waals surface area contributed by atoms with Crippen LogP contribution in [0.5, 0.6) is 0 Å². The Bertz CT molecular complexity index is 1570. The predicted molar refractivity (Wildman–Crippen MR) is 150 cm³/mol. The van der Waals surface area contributed by atoms with E-state index in [1.54, 1.807) is 13.0 Å². The van der Waals surface area contributed by atoms with Gasteiger partial charge in [0.1, 0.15) is 29.0 Å². The van der Waals surface area contributed by atoms with Crippen molar-refractivity contribution in [1.29, 1.82) is 0 Å². The maximum Gasteiger partial charge on any atom is 0.306 e. The maximum absolute atomic E-state index is 13.8. The van der Waals surface area contributed by atoms with E-state index in [2.05, 4.69) is 0 Å². The molecule has 4 saturated carbocycles. The van der Waals surface area contributed by atoms with Crippen LogP contribution in [0, 0.1) is 28.1 Å². The minimum atomic E-state index is -2.11. The van der Waals surface area contributed by atoms with E-state index in [0.717, 1.165) is 0 Å². The van der Waals surface area contributed by atoms with Crippen LogP contribution >= 0.6 is 0 Å². The quantitative estimate of drug-likeness (QED) is 0.355. The van der Waals surface area contributed by atoms with Crippen LogP contribution in [0.3, 0.4) is 0 Å². The molecule has 0 radical (unpaired) electrons. The van der Waals surface area contributed by atoms with Crippen molar-refractivity contribution in [3.63, 3.8) is 0 Å². The number of fused-ring (bicyclic) bond motifs is 3. The summed E-state index contributed by atoms with van der Waals surface area (Å²) in [5, 5.41) is 13.4. The Hall–Kier alpha value is -3.00. The molecule has 250 valence electrons. The SMILES string of the molecule is COC(=O)CC1C2(C)CC34OC5(C)OC67C(CC(=O)OC6C3(O)C2OC(C)=O)C(C)(C(OC(C)=O)c2ccoc2)CCC7(O5)C14C. The summed E-state index contributed by atoms with van der Waals surface area (Å²) in [4.78, 5) is 52.3. The molecule has 3 saturated heterocycles. The lowest BCUT2D eigenvalue weighted by molar-refractivity contribution is -0.479. The van der Waals surface area contributed by atoms with Gasteiger partial charge in [0, 0.05) is 54.9 Å². The number of ether oxygens (including phenoxy) is 7. The van der Waals surface area contributed by atoms with E-state index in [-0.39, 0.29) is 19.3 Å². The Morgan fingerprint density at radius 2 is 1.76 bits per heavy atom. The molecule has 4 aliphatic carbocycles. The van der Waals surface area contributed by atoms with Gasteiger partial charge in [0.2, 0.25) is 0 Å². The van der Waals surface area contributed by atoms with Gasteiger partial charge in [-0.1, -0.05) is 20.8 Å². The van der Waals surface area contributed by atoms with E-state index in [1.807, 2.05) is 20.8 Å². The van der Waals surface area contributed by atoms with Gasteiger partial charge in [-0.2, -0.15) is 0 Å². The second-order valence-electron chi connectivity index (χ2n) is 15.3. The first kappa shape index (κ1) is 30.3. The summed E-state index contributed by atoms with van der Waals surface area (Å²) in [6.07, 6.45) is 0.144. The summed E-state index contributed by atoms with van der Waals surface area (Å²) in [7, 11) is 1.31. The van der Waals surface area contributed by atoms with Crippen molar-refractivity contribution < 1.29 is 61.9 Å². The van der Waals surface area contributed by atoms with Crippen molar-refractivity contribution in [1.82, 2.24) is 0 Å². The first-order valence-electron chi connectivity index (χ1n) is 15.9.